The Morgan fingerprint density at radius 3 is 2.75 bits per heavy atom. The molecule has 5 heteroatoms. The van der Waals surface area contributed by atoms with Crippen molar-refractivity contribution in [2.24, 2.45) is 0 Å². The molecule has 0 aromatic carbocycles. The van der Waals surface area contributed by atoms with E-state index in [2.05, 4.69) is 4.98 Å². The second kappa shape index (κ2) is 5.23. The summed E-state index contributed by atoms with van der Waals surface area (Å²) in [6, 6.07) is 3.54. The highest BCUT2D eigenvalue weighted by atomic mass is 16.6. The number of ether oxygens (including phenoxy) is 1. The SMILES string of the molecule is CC1CCc2ccc(C=O)nc2N1C(=O)OC(C)(C)C. The summed E-state index contributed by atoms with van der Waals surface area (Å²) >= 11 is 0. The maximum Gasteiger partial charge on any atom is 0.416 e. The summed E-state index contributed by atoms with van der Waals surface area (Å²) in [7, 11) is 0. The molecule has 0 bridgehead atoms. The van der Waals surface area contributed by atoms with Crippen LogP contribution in [0.25, 0.3) is 0 Å². The highest BCUT2D eigenvalue weighted by Crippen LogP contribution is 2.30. The average molecular weight is 276 g/mol. The molecule has 1 aliphatic rings. The van der Waals surface area contributed by atoms with Crippen LogP contribution in [-0.4, -0.2) is 29.0 Å². The molecule has 0 saturated carbocycles. The summed E-state index contributed by atoms with van der Waals surface area (Å²) in [5.74, 6) is 0.544. The van der Waals surface area contributed by atoms with E-state index in [1.54, 1.807) is 11.0 Å². The molecular formula is C15H20N2O3. The smallest absolute Gasteiger partial charge is 0.416 e. The fraction of sp³-hybridized carbons (Fsp3) is 0.533. The summed E-state index contributed by atoms with van der Waals surface area (Å²) in [4.78, 5) is 29.1. The van der Waals surface area contributed by atoms with Gasteiger partial charge in [-0.25, -0.2) is 9.78 Å². The number of pyridine rings is 1. The predicted molar refractivity (Wildman–Crippen MR) is 76.1 cm³/mol. The standard InChI is InChI=1S/C15H20N2O3/c1-10-5-6-11-7-8-12(9-18)16-13(11)17(10)14(19)20-15(2,3)4/h7-10H,5-6H2,1-4H3. The lowest BCUT2D eigenvalue weighted by Crippen LogP contribution is -2.45. The van der Waals surface area contributed by atoms with Gasteiger partial charge in [0.25, 0.3) is 0 Å². The van der Waals surface area contributed by atoms with E-state index in [-0.39, 0.29) is 6.04 Å². The fourth-order valence-corrected chi connectivity index (χ4v) is 2.24. The van der Waals surface area contributed by atoms with Crippen molar-refractivity contribution >= 4 is 18.2 Å². The van der Waals surface area contributed by atoms with Gasteiger partial charge in [0.2, 0.25) is 0 Å². The molecular weight excluding hydrogens is 256 g/mol. The van der Waals surface area contributed by atoms with E-state index in [0.717, 1.165) is 18.4 Å². The Hall–Kier alpha value is -1.91. The first-order chi connectivity index (χ1) is 9.31. The van der Waals surface area contributed by atoms with Crippen molar-refractivity contribution in [2.75, 3.05) is 4.90 Å². The Morgan fingerprint density at radius 1 is 1.45 bits per heavy atom. The third kappa shape index (κ3) is 2.98. The second-order valence-electron chi connectivity index (χ2n) is 6.07. The van der Waals surface area contributed by atoms with Crippen LogP contribution >= 0.6 is 0 Å². The molecule has 0 aliphatic carbocycles. The van der Waals surface area contributed by atoms with Crippen molar-refractivity contribution in [3.05, 3.63) is 23.4 Å². The topological polar surface area (TPSA) is 59.5 Å². The molecule has 2 heterocycles. The lowest BCUT2D eigenvalue weighted by Gasteiger charge is -2.35. The molecule has 0 spiro atoms. The number of fused-ring (bicyclic) bond motifs is 1. The summed E-state index contributed by atoms with van der Waals surface area (Å²) in [5, 5.41) is 0. The number of aryl methyl sites for hydroxylation is 1. The number of carbonyl (C=O) groups is 2. The molecule has 108 valence electrons. The molecule has 0 radical (unpaired) electrons. The Bertz CT molecular complexity index is 534. The van der Waals surface area contributed by atoms with Crippen molar-refractivity contribution in [1.82, 2.24) is 4.98 Å². The molecule has 0 N–H and O–H groups in total. The van der Waals surface area contributed by atoms with Crippen LogP contribution in [0, 0.1) is 0 Å². The Morgan fingerprint density at radius 2 is 2.15 bits per heavy atom. The molecule has 0 fully saturated rings. The average Bonchev–Trinajstić information content (AvgIpc) is 2.35. The number of aldehydes is 1. The second-order valence-corrected chi connectivity index (χ2v) is 6.07. The van der Waals surface area contributed by atoms with E-state index in [1.165, 1.54) is 0 Å². The van der Waals surface area contributed by atoms with Crippen molar-refractivity contribution in [3.63, 3.8) is 0 Å². The summed E-state index contributed by atoms with van der Waals surface area (Å²) in [6.45, 7) is 7.45. The number of hydrogen-bond donors (Lipinski definition) is 0. The van der Waals surface area contributed by atoms with E-state index in [9.17, 15) is 9.59 Å². The van der Waals surface area contributed by atoms with Gasteiger partial charge in [-0.1, -0.05) is 6.07 Å². The van der Waals surface area contributed by atoms with Gasteiger partial charge < -0.3 is 4.74 Å². The van der Waals surface area contributed by atoms with Crippen LogP contribution in [0.15, 0.2) is 12.1 Å². The Labute approximate surface area is 118 Å². The number of carbonyl (C=O) groups excluding carboxylic acids is 2. The molecule has 1 aromatic heterocycles. The zero-order valence-corrected chi connectivity index (χ0v) is 12.3. The lowest BCUT2D eigenvalue weighted by atomic mass is 10.00. The van der Waals surface area contributed by atoms with Crippen LogP contribution in [-0.2, 0) is 11.2 Å². The zero-order chi connectivity index (χ0) is 14.9. The van der Waals surface area contributed by atoms with Crippen molar-refractivity contribution in [1.29, 1.82) is 0 Å². The minimum Gasteiger partial charge on any atom is -0.443 e. The van der Waals surface area contributed by atoms with Crippen LogP contribution < -0.4 is 4.90 Å². The molecule has 1 amide bonds. The van der Waals surface area contributed by atoms with Gasteiger partial charge in [-0.15, -0.1) is 0 Å². The van der Waals surface area contributed by atoms with Crippen molar-refractivity contribution in [3.8, 4) is 0 Å². The molecule has 5 nitrogen and oxygen atoms in total. The van der Waals surface area contributed by atoms with E-state index >= 15 is 0 Å². The molecule has 2 rings (SSSR count). The van der Waals surface area contributed by atoms with Gasteiger partial charge in [0.05, 0.1) is 0 Å². The molecule has 1 unspecified atom stereocenters. The third-order valence-electron chi connectivity index (χ3n) is 3.19. The minimum absolute atomic E-state index is 0.00625. The van der Waals surface area contributed by atoms with Crippen LogP contribution in [0.4, 0.5) is 10.6 Å². The van der Waals surface area contributed by atoms with E-state index < -0.39 is 11.7 Å². The Balaban J connectivity index is 2.38. The minimum atomic E-state index is -0.559. The van der Waals surface area contributed by atoms with Gasteiger partial charge in [0.1, 0.15) is 17.1 Å². The van der Waals surface area contributed by atoms with E-state index in [0.29, 0.717) is 17.8 Å². The van der Waals surface area contributed by atoms with Gasteiger partial charge >= 0.3 is 6.09 Å². The normalized spacial score (nSPS) is 18.4. The largest absolute Gasteiger partial charge is 0.443 e. The highest BCUT2D eigenvalue weighted by molar-refractivity contribution is 5.89. The number of rotatable bonds is 1. The maximum atomic E-state index is 12.4. The van der Waals surface area contributed by atoms with Crippen LogP contribution in [0.1, 0.15) is 50.2 Å². The number of nitrogens with zero attached hydrogens (tertiary/aromatic N) is 2. The molecule has 0 saturated heterocycles. The quantitative estimate of drug-likeness (QED) is 0.740. The highest BCUT2D eigenvalue weighted by Gasteiger charge is 2.33. The van der Waals surface area contributed by atoms with Gasteiger partial charge in [0, 0.05) is 6.04 Å². The van der Waals surface area contributed by atoms with E-state index in [4.69, 9.17) is 4.74 Å². The van der Waals surface area contributed by atoms with Gasteiger partial charge in [-0.3, -0.25) is 9.69 Å². The summed E-state index contributed by atoms with van der Waals surface area (Å²) < 4.78 is 5.44. The predicted octanol–water partition coefficient (Wildman–Crippen LogP) is 2.97. The first-order valence-electron chi connectivity index (χ1n) is 6.79. The molecule has 1 aliphatic heterocycles. The van der Waals surface area contributed by atoms with Gasteiger partial charge in [-0.05, 0) is 52.2 Å². The fourth-order valence-electron chi connectivity index (χ4n) is 2.24. The van der Waals surface area contributed by atoms with Gasteiger partial charge in [0.15, 0.2) is 6.29 Å². The van der Waals surface area contributed by atoms with Crippen LogP contribution in [0.5, 0.6) is 0 Å². The summed E-state index contributed by atoms with van der Waals surface area (Å²) in [5.41, 5.74) is 0.738. The van der Waals surface area contributed by atoms with E-state index in [1.807, 2.05) is 33.8 Å². The number of hydrogen-bond acceptors (Lipinski definition) is 4. The van der Waals surface area contributed by atoms with Crippen molar-refractivity contribution < 1.29 is 14.3 Å². The van der Waals surface area contributed by atoms with Gasteiger partial charge in [-0.2, -0.15) is 0 Å². The first-order valence-corrected chi connectivity index (χ1v) is 6.79. The zero-order valence-electron chi connectivity index (χ0n) is 12.3. The molecule has 20 heavy (non-hydrogen) atoms. The first kappa shape index (κ1) is 14.5. The third-order valence-corrected chi connectivity index (χ3v) is 3.19. The lowest BCUT2D eigenvalue weighted by molar-refractivity contribution is 0.0562. The molecule has 1 atom stereocenters. The van der Waals surface area contributed by atoms with Crippen LogP contribution in [0.2, 0.25) is 0 Å². The molecule has 1 aromatic rings. The number of anilines is 1. The number of amides is 1. The van der Waals surface area contributed by atoms with Crippen LogP contribution in [0.3, 0.4) is 0 Å². The monoisotopic (exact) mass is 276 g/mol. The summed E-state index contributed by atoms with van der Waals surface area (Å²) in [6.07, 6.45) is 1.98. The number of aromatic nitrogens is 1. The maximum absolute atomic E-state index is 12.4. The van der Waals surface area contributed by atoms with Crippen molar-refractivity contribution in [2.45, 2.75) is 52.2 Å². The Kier molecular flexibility index (Phi) is 3.79.